The summed E-state index contributed by atoms with van der Waals surface area (Å²) in [4.78, 5) is 28.9. The highest BCUT2D eigenvalue weighted by molar-refractivity contribution is 9.10. The van der Waals surface area contributed by atoms with Gasteiger partial charge < -0.3 is 4.90 Å². The van der Waals surface area contributed by atoms with Gasteiger partial charge in [0, 0.05) is 18.5 Å². The van der Waals surface area contributed by atoms with E-state index in [4.69, 9.17) is 0 Å². The number of carbonyl (C=O) groups is 2. The van der Waals surface area contributed by atoms with Crippen molar-refractivity contribution in [2.24, 2.45) is 16.2 Å². The van der Waals surface area contributed by atoms with Gasteiger partial charge in [-0.2, -0.15) is 0 Å². The summed E-state index contributed by atoms with van der Waals surface area (Å²) in [6.07, 6.45) is 1.52. The van der Waals surface area contributed by atoms with E-state index in [1.807, 2.05) is 48.2 Å². The van der Waals surface area contributed by atoms with E-state index in [0.29, 0.717) is 13.1 Å². The lowest BCUT2D eigenvalue weighted by atomic mass is 9.64. The number of rotatable bonds is 5. The predicted octanol–water partition coefficient (Wildman–Crippen LogP) is 5.37. The predicted molar refractivity (Wildman–Crippen MR) is 118 cm³/mol. The normalized spacial score (nSPS) is 29.8. The number of ketones is 1. The second-order valence-corrected chi connectivity index (χ2v) is 10.2. The molecule has 0 unspecified atom stereocenters. The number of halogens is 1. The molecular weight excluding hydrogens is 426 g/mol. The number of nitrogens with zero attached hydrogens (tertiary/aromatic N) is 1. The topological polar surface area (TPSA) is 37.4 Å². The summed E-state index contributed by atoms with van der Waals surface area (Å²) < 4.78 is 0. The summed E-state index contributed by atoms with van der Waals surface area (Å²) in [7, 11) is 0. The summed E-state index contributed by atoms with van der Waals surface area (Å²) in [6, 6.07) is 20.2. The molecule has 2 aromatic carbocycles. The Morgan fingerprint density at radius 3 is 1.83 bits per heavy atom. The lowest BCUT2D eigenvalue weighted by Crippen LogP contribution is -2.52. The maximum absolute atomic E-state index is 14.2. The van der Waals surface area contributed by atoms with E-state index in [-0.39, 0.29) is 11.7 Å². The first kappa shape index (κ1) is 20.3. The fourth-order valence-corrected chi connectivity index (χ4v) is 7.02. The highest BCUT2D eigenvalue weighted by Crippen LogP contribution is 2.72. The highest BCUT2D eigenvalue weighted by Gasteiger charge is 2.77. The molecule has 3 nitrogen and oxygen atoms in total. The first-order valence-corrected chi connectivity index (χ1v) is 11.2. The molecule has 2 bridgehead atoms. The Hall–Kier alpha value is -1.94. The van der Waals surface area contributed by atoms with E-state index >= 15 is 0 Å². The summed E-state index contributed by atoms with van der Waals surface area (Å²) in [5.41, 5.74) is 0.641. The zero-order chi connectivity index (χ0) is 20.9. The molecule has 2 aliphatic rings. The molecule has 0 aliphatic heterocycles. The van der Waals surface area contributed by atoms with Crippen molar-refractivity contribution in [3.63, 3.8) is 0 Å². The van der Waals surface area contributed by atoms with Crippen LogP contribution in [0.2, 0.25) is 0 Å². The van der Waals surface area contributed by atoms with Gasteiger partial charge in [0.15, 0.2) is 5.78 Å². The molecule has 0 saturated heterocycles. The average Bonchev–Trinajstić information content (AvgIpc) is 3.00. The molecule has 0 aromatic heterocycles. The van der Waals surface area contributed by atoms with Crippen molar-refractivity contribution in [3.05, 3.63) is 71.8 Å². The zero-order valence-electron chi connectivity index (χ0n) is 17.3. The molecule has 1 amide bonds. The molecule has 152 valence electrons. The molecule has 3 atom stereocenters. The molecule has 2 saturated carbocycles. The van der Waals surface area contributed by atoms with Crippen LogP contribution in [0.4, 0.5) is 0 Å². The van der Waals surface area contributed by atoms with Crippen LogP contribution in [0.25, 0.3) is 0 Å². The average molecular weight is 454 g/mol. The monoisotopic (exact) mass is 453 g/mol. The van der Waals surface area contributed by atoms with Gasteiger partial charge in [-0.05, 0) is 29.4 Å². The van der Waals surface area contributed by atoms with Gasteiger partial charge in [-0.25, -0.2) is 0 Å². The zero-order valence-corrected chi connectivity index (χ0v) is 18.9. The minimum absolute atomic E-state index is 0.0895. The summed E-state index contributed by atoms with van der Waals surface area (Å²) in [5.74, 6) is 0.271. The number of fused-ring (bicyclic) bond motifs is 2. The Morgan fingerprint density at radius 2 is 1.41 bits per heavy atom. The second-order valence-electron chi connectivity index (χ2n) is 9.29. The van der Waals surface area contributed by atoms with E-state index in [0.717, 1.165) is 24.0 Å². The first-order chi connectivity index (χ1) is 13.7. The third kappa shape index (κ3) is 2.83. The molecule has 0 radical (unpaired) electrons. The summed E-state index contributed by atoms with van der Waals surface area (Å²) >= 11 is 3.67. The minimum Gasteiger partial charge on any atom is -0.333 e. The molecule has 0 N–H and O–H groups in total. The quantitative estimate of drug-likeness (QED) is 0.570. The molecule has 2 aromatic rings. The Labute approximate surface area is 181 Å². The SMILES string of the molecule is CC1(C)[C@]2(C)CC[C@@]1(C(=O)N(Cc1ccccc1)Cc1ccccc1)[C@@H](Br)C2=O. The molecule has 2 fully saturated rings. The molecular formula is C25H28BrNO2. The van der Waals surface area contributed by atoms with E-state index in [2.05, 4.69) is 54.0 Å². The van der Waals surface area contributed by atoms with Crippen LogP contribution < -0.4 is 0 Å². The second kappa shape index (κ2) is 7.09. The Bertz CT molecular complexity index is 885. The van der Waals surface area contributed by atoms with E-state index in [1.165, 1.54) is 0 Å². The number of Topliss-reactive ketones (excluding diaryl/α,β-unsaturated/α-hetero) is 1. The van der Waals surface area contributed by atoms with Gasteiger partial charge in [0.2, 0.25) is 5.91 Å². The van der Waals surface area contributed by atoms with Crippen molar-refractivity contribution in [2.75, 3.05) is 0 Å². The van der Waals surface area contributed by atoms with Crippen LogP contribution in [0, 0.1) is 16.2 Å². The maximum atomic E-state index is 14.2. The highest BCUT2D eigenvalue weighted by atomic mass is 79.9. The Balaban J connectivity index is 1.74. The van der Waals surface area contributed by atoms with Gasteiger partial charge in [-0.1, -0.05) is 97.4 Å². The number of hydrogen-bond acceptors (Lipinski definition) is 2. The van der Waals surface area contributed by atoms with Crippen molar-refractivity contribution in [1.29, 1.82) is 0 Å². The van der Waals surface area contributed by atoms with Crippen LogP contribution in [0.1, 0.15) is 44.7 Å². The van der Waals surface area contributed by atoms with E-state index in [9.17, 15) is 9.59 Å². The summed E-state index contributed by atoms with van der Waals surface area (Å²) in [5, 5.41) is 0. The number of hydrogen-bond donors (Lipinski definition) is 0. The van der Waals surface area contributed by atoms with Gasteiger partial charge in [-0.15, -0.1) is 0 Å². The summed E-state index contributed by atoms with van der Waals surface area (Å²) in [6.45, 7) is 7.35. The largest absolute Gasteiger partial charge is 0.333 e. The van der Waals surface area contributed by atoms with Crippen LogP contribution in [0.3, 0.4) is 0 Å². The van der Waals surface area contributed by atoms with Crippen LogP contribution >= 0.6 is 15.9 Å². The number of amides is 1. The number of carbonyl (C=O) groups excluding carboxylic acids is 2. The van der Waals surface area contributed by atoms with Crippen LogP contribution in [0.5, 0.6) is 0 Å². The van der Waals surface area contributed by atoms with E-state index in [1.54, 1.807) is 0 Å². The van der Waals surface area contributed by atoms with Gasteiger partial charge in [0.25, 0.3) is 0 Å². The molecule has 2 aliphatic carbocycles. The van der Waals surface area contributed by atoms with Crippen molar-refractivity contribution in [2.45, 2.75) is 51.5 Å². The minimum atomic E-state index is -0.706. The smallest absolute Gasteiger partial charge is 0.231 e. The third-order valence-electron chi connectivity index (χ3n) is 7.82. The molecule has 0 spiro atoms. The standard InChI is InChI=1S/C25H28BrNO2/c1-23(2)24(3)14-15-25(23,20(26)21(24)28)22(29)27(16-18-10-6-4-7-11-18)17-19-12-8-5-9-13-19/h4-13,20H,14-17H2,1-3H3/t20-,24+,25-/m0/s1. The van der Waals surface area contributed by atoms with Gasteiger partial charge >= 0.3 is 0 Å². The third-order valence-corrected chi connectivity index (χ3v) is 9.02. The van der Waals surface area contributed by atoms with Crippen molar-refractivity contribution in [3.8, 4) is 0 Å². The molecule has 0 heterocycles. The molecule has 29 heavy (non-hydrogen) atoms. The fourth-order valence-electron chi connectivity index (χ4n) is 5.51. The molecule has 4 heteroatoms. The van der Waals surface area contributed by atoms with Crippen LogP contribution in [-0.2, 0) is 22.7 Å². The van der Waals surface area contributed by atoms with Gasteiger partial charge in [0.05, 0.1) is 10.2 Å². The first-order valence-electron chi connectivity index (χ1n) is 10.3. The van der Waals surface area contributed by atoms with Crippen LogP contribution in [0.15, 0.2) is 60.7 Å². The number of alkyl halides is 1. The van der Waals surface area contributed by atoms with Gasteiger partial charge in [0.1, 0.15) is 0 Å². The van der Waals surface area contributed by atoms with Gasteiger partial charge in [-0.3, -0.25) is 9.59 Å². The van der Waals surface area contributed by atoms with Crippen molar-refractivity contribution < 1.29 is 9.59 Å². The van der Waals surface area contributed by atoms with E-state index < -0.39 is 21.1 Å². The van der Waals surface area contributed by atoms with Crippen molar-refractivity contribution in [1.82, 2.24) is 4.90 Å². The Morgan fingerprint density at radius 1 is 0.931 bits per heavy atom. The number of benzene rings is 2. The lowest BCUT2D eigenvalue weighted by Gasteiger charge is -2.43. The molecule has 4 rings (SSSR count). The Kier molecular flexibility index (Phi) is 4.97. The lowest BCUT2D eigenvalue weighted by molar-refractivity contribution is -0.148. The van der Waals surface area contributed by atoms with Crippen LogP contribution in [-0.4, -0.2) is 21.4 Å². The fraction of sp³-hybridized carbons (Fsp3) is 0.440. The maximum Gasteiger partial charge on any atom is 0.231 e. The van der Waals surface area contributed by atoms with Crippen molar-refractivity contribution >= 4 is 27.6 Å².